The zero-order valence-corrected chi connectivity index (χ0v) is 31.7. The van der Waals surface area contributed by atoms with Crippen LogP contribution in [0.3, 0.4) is 0 Å². The van der Waals surface area contributed by atoms with Crippen molar-refractivity contribution in [2.45, 2.75) is 63.5 Å². The Labute approximate surface area is 332 Å². The lowest BCUT2D eigenvalue weighted by molar-refractivity contribution is -0.605. The summed E-state index contributed by atoms with van der Waals surface area (Å²) in [7, 11) is 0. The van der Waals surface area contributed by atoms with Crippen molar-refractivity contribution in [3.05, 3.63) is 128 Å². The smallest absolute Gasteiger partial charge is 0.387 e. The van der Waals surface area contributed by atoms with Crippen LogP contribution < -0.4 is 19.5 Å². The van der Waals surface area contributed by atoms with Crippen molar-refractivity contribution in [1.82, 2.24) is 10.2 Å². The number of esters is 2. The minimum atomic E-state index is -3.10. The van der Waals surface area contributed by atoms with Gasteiger partial charge in [0.1, 0.15) is 34.1 Å². The third kappa shape index (κ3) is 10.0. The largest absolute Gasteiger partial charge is 0.619 e. The molecule has 4 aromatic rings. The van der Waals surface area contributed by atoms with Crippen LogP contribution in [-0.2, 0) is 27.2 Å². The molecule has 4 heterocycles. The molecule has 3 saturated heterocycles. The molecule has 1 saturated carbocycles. The van der Waals surface area contributed by atoms with Gasteiger partial charge < -0.3 is 24.2 Å². The number of fused-ring (bicyclic) bond motifs is 3. The topological polar surface area (TPSA) is 113 Å². The van der Waals surface area contributed by atoms with Crippen LogP contribution in [0.1, 0.15) is 70.4 Å². The first-order chi connectivity index (χ1) is 27.0. The number of hydrogen-bond donors (Lipinski definition) is 1. The Morgan fingerprint density at radius 1 is 0.929 bits per heavy atom. The zero-order chi connectivity index (χ0) is 39.3. The minimum absolute atomic E-state index is 0.0345. The van der Waals surface area contributed by atoms with Gasteiger partial charge in [-0.05, 0) is 104 Å². The Bertz CT molecular complexity index is 2010. The van der Waals surface area contributed by atoms with E-state index >= 15 is 0 Å². The van der Waals surface area contributed by atoms with E-state index in [0.29, 0.717) is 52.0 Å². The third-order valence-electron chi connectivity index (χ3n) is 10.4. The molecule has 3 atom stereocenters. The fourth-order valence-corrected chi connectivity index (χ4v) is 7.74. The van der Waals surface area contributed by atoms with Gasteiger partial charge >= 0.3 is 18.6 Å². The molecule has 296 valence electrons. The fourth-order valence-electron chi connectivity index (χ4n) is 7.14. The summed E-state index contributed by atoms with van der Waals surface area (Å²) in [6.07, 6.45) is 4.71. The summed E-state index contributed by atoms with van der Waals surface area (Å²) < 4.78 is 63.6. The molecule has 0 radical (unpaired) electrons. The van der Waals surface area contributed by atoms with Crippen LogP contribution in [0.2, 0.25) is 10.0 Å². The summed E-state index contributed by atoms with van der Waals surface area (Å²) in [6.45, 7) is 0.00740. The average Bonchev–Trinajstić information content (AvgIpc) is 4.01. The molecule has 4 fully saturated rings. The van der Waals surface area contributed by atoms with Crippen molar-refractivity contribution in [2.75, 3.05) is 26.2 Å². The predicted octanol–water partition coefficient (Wildman–Crippen LogP) is 7.77. The van der Waals surface area contributed by atoms with Gasteiger partial charge in [-0.15, -0.1) is 0 Å². The number of carbonyl (C=O) groups is 2. The van der Waals surface area contributed by atoms with E-state index in [2.05, 4.69) is 10.2 Å². The molecule has 8 rings (SSSR count). The van der Waals surface area contributed by atoms with Crippen LogP contribution in [0, 0.1) is 22.9 Å². The predicted molar refractivity (Wildman–Crippen MR) is 200 cm³/mol. The van der Waals surface area contributed by atoms with E-state index in [9.17, 15) is 28.0 Å². The van der Waals surface area contributed by atoms with Gasteiger partial charge in [0.15, 0.2) is 23.9 Å². The third-order valence-corrected chi connectivity index (χ3v) is 11.1. The van der Waals surface area contributed by atoms with E-state index in [-0.39, 0.29) is 46.2 Å². The molecule has 1 aliphatic carbocycles. The molecular formula is C41H40Cl2F3N3O7. The normalized spacial score (nSPS) is 20.0. The lowest BCUT2D eigenvalue weighted by atomic mass is 9.86. The molecule has 3 aliphatic heterocycles. The van der Waals surface area contributed by atoms with Gasteiger partial charge in [-0.3, -0.25) is 10.2 Å². The molecule has 56 heavy (non-hydrogen) atoms. The van der Waals surface area contributed by atoms with E-state index in [0.717, 1.165) is 51.2 Å². The fraction of sp³-hybridized carbons (Fsp3) is 0.390. The molecule has 1 N–H and O–H groups in total. The maximum atomic E-state index is 13.9. The van der Waals surface area contributed by atoms with Crippen LogP contribution in [0.15, 0.2) is 79.1 Å². The number of ether oxygens (including phenoxy) is 4. The highest BCUT2D eigenvalue weighted by Crippen LogP contribution is 2.38. The highest BCUT2D eigenvalue weighted by atomic mass is 35.5. The Hall–Kier alpha value is -4.56. The number of pyridine rings is 1. The number of benzene rings is 3. The van der Waals surface area contributed by atoms with Crippen LogP contribution >= 0.6 is 23.2 Å². The number of nitrogens with zero attached hydrogens (tertiary/aromatic N) is 2. The molecule has 1 aromatic heterocycles. The molecule has 3 aromatic carbocycles. The molecule has 4 aliphatic rings. The lowest BCUT2D eigenvalue weighted by Crippen LogP contribution is -2.52. The molecule has 0 amide bonds. The molecule has 2 unspecified atom stereocenters. The van der Waals surface area contributed by atoms with Crippen LogP contribution in [0.5, 0.6) is 11.5 Å². The van der Waals surface area contributed by atoms with Crippen molar-refractivity contribution in [3.63, 3.8) is 0 Å². The maximum absolute atomic E-state index is 13.9. The van der Waals surface area contributed by atoms with E-state index in [1.54, 1.807) is 24.3 Å². The SMILES string of the molecule is O=C(OC(Cc1c(Cl)c[n+]([O-])cc1Cl)c1ccc(OC(F)F)c(OCC2CC2)c1)c1cccc(CNC(C(=O)O[C@H]2CN3CCC2CC3)c2ccc(F)cc2)c1. The van der Waals surface area contributed by atoms with Crippen LogP contribution in [0.4, 0.5) is 13.2 Å². The highest BCUT2D eigenvalue weighted by molar-refractivity contribution is 6.35. The standard InChI is InChI=1S/C41H40Cl2F3N3O7/c42-32-20-49(52)21-33(43)31(32)18-35(28-8-11-34(56-41(45)46)36(17-28)53-23-24-4-5-24)54-39(50)29-3-1-2-25(16-29)19-47-38(27-6-9-30(44)10-7-27)40(51)55-37-22-48-14-12-26(37)13-15-48/h1-3,6-11,16-17,20-21,24,26,35,37-38,41,47H,4-5,12-15,18-19,22-23H2/t35?,37-,38?/m0/s1. The van der Waals surface area contributed by atoms with Gasteiger partial charge in [-0.1, -0.05) is 53.5 Å². The average molecular weight is 815 g/mol. The first-order valence-corrected chi connectivity index (χ1v) is 19.2. The second-order valence-electron chi connectivity index (χ2n) is 14.4. The Morgan fingerprint density at radius 2 is 1.64 bits per heavy atom. The Balaban J connectivity index is 1.11. The van der Waals surface area contributed by atoms with Crippen LogP contribution in [0.25, 0.3) is 0 Å². The number of alkyl halides is 2. The number of carbonyl (C=O) groups excluding carboxylic acids is 2. The van der Waals surface area contributed by atoms with Gasteiger partial charge in [0.25, 0.3) is 0 Å². The van der Waals surface area contributed by atoms with Gasteiger partial charge in [-0.25, -0.2) is 14.0 Å². The molecule has 10 nitrogen and oxygen atoms in total. The van der Waals surface area contributed by atoms with E-state index < -0.39 is 36.5 Å². The Morgan fingerprint density at radius 3 is 2.30 bits per heavy atom. The molecule has 15 heteroatoms. The first-order valence-electron chi connectivity index (χ1n) is 18.5. The number of piperidine rings is 3. The van der Waals surface area contributed by atoms with E-state index in [1.807, 2.05) is 0 Å². The number of aromatic nitrogens is 1. The maximum Gasteiger partial charge on any atom is 0.387 e. The Kier molecular flexibility index (Phi) is 12.5. The van der Waals surface area contributed by atoms with Crippen molar-refractivity contribution in [3.8, 4) is 11.5 Å². The quantitative estimate of drug-likeness (QED) is 0.0689. The summed E-state index contributed by atoms with van der Waals surface area (Å²) in [4.78, 5) is 29.8. The van der Waals surface area contributed by atoms with Crippen molar-refractivity contribution in [2.24, 2.45) is 11.8 Å². The summed E-state index contributed by atoms with van der Waals surface area (Å²) in [5.41, 5.74) is 2.03. The monoisotopic (exact) mass is 813 g/mol. The summed E-state index contributed by atoms with van der Waals surface area (Å²) >= 11 is 12.8. The number of rotatable bonds is 16. The number of nitrogens with one attached hydrogen (secondary N) is 1. The summed E-state index contributed by atoms with van der Waals surface area (Å²) in [5.74, 6) is -1.17. The van der Waals surface area contributed by atoms with Crippen molar-refractivity contribution in [1.29, 1.82) is 0 Å². The first kappa shape index (κ1) is 39.7. The second kappa shape index (κ2) is 17.7. The lowest BCUT2D eigenvalue weighted by Gasteiger charge is -2.44. The summed E-state index contributed by atoms with van der Waals surface area (Å²) in [5, 5.41) is 15.3. The molecule has 0 spiro atoms. The highest BCUT2D eigenvalue weighted by Gasteiger charge is 2.38. The van der Waals surface area contributed by atoms with Gasteiger partial charge in [0, 0.05) is 25.1 Å². The second-order valence-corrected chi connectivity index (χ2v) is 15.2. The van der Waals surface area contributed by atoms with E-state index in [1.165, 1.54) is 42.5 Å². The number of halogens is 5. The van der Waals surface area contributed by atoms with Gasteiger partial charge in [0.2, 0.25) is 0 Å². The van der Waals surface area contributed by atoms with Crippen molar-refractivity contribution >= 4 is 35.1 Å². The molecular weight excluding hydrogens is 774 g/mol. The zero-order valence-electron chi connectivity index (χ0n) is 30.2. The molecule has 2 bridgehead atoms. The van der Waals surface area contributed by atoms with Crippen LogP contribution in [-0.4, -0.2) is 55.8 Å². The van der Waals surface area contributed by atoms with E-state index in [4.69, 9.17) is 42.1 Å². The number of hydrogen-bond acceptors (Lipinski definition) is 9. The van der Waals surface area contributed by atoms with Crippen molar-refractivity contribution < 1.29 is 46.4 Å². The summed E-state index contributed by atoms with van der Waals surface area (Å²) in [6, 6.07) is 15.6. The van der Waals surface area contributed by atoms with Gasteiger partial charge in [-0.2, -0.15) is 13.5 Å². The minimum Gasteiger partial charge on any atom is -0.619 e. The van der Waals surface area contributed by atoms with Gasteiger partial charge in [0.05, 0.1) is 12.2 Å².